The van der Waals surface area contributed by atoms with Gasteiger partial charge in [-0.15, -0.1) is 0 Å². The summed E-state index contributed by atoms with van der Waals surface area (Å²) in [5.41, 5.74) is 5.46. The van der Waals surface area contributed by atoms with Gasteiger partial charge in [0.2, 0.25) is 0 Å². The van der Waals surface area contributed by atoms with E-state index in [0.29, 0.717) is 19.6 Å². The van der Waals surface area contributed by atoms with Crippen molar-refractivity contribution in [2.45, 2.75) is 13.8 Å². The van der Waals surface area contributed by atoms with E-state index < -0.39 is 0 Å². The molecule has 17 heavy (non-hydrogen) atoms. The molecule has 94 valence electrons. The Hall–Kier alpha value is -1.62. The van der Waals surface area contributed by atoms with Crippen molar-refractivity contribution in [3.63, 3.8) is 0 Å². The number of aromatic nitrogens is 1. The topological polar surface area (TPSA) is 79.2 Å². The number of amides is 1. The molecule has 1 aromatic rings. The molecule has 0 aliphatic rings. The van der Waals surface area contributed by atoms with Crippen LogP contribution in [0.3, 0.4) is 0 Å². The molecule has 0 bridgehead atoms. The van der Waals surface area contributed by atoms with Crippen LogP contribution in [0.1, 0.15) is 24.2 Å². The Balaban J connectivity index is 2.87. The molecule has 0 aliphatic heterocycles. The molecular formula is C12H19N3O2. The van der Waals surface area contributed by atoms with Crippen molar-refractivity contribution < 1.29 is 4.79 Å². The Morgan fingerprint density at radius 3 is 2.82 bits per heavy atom. The zero-order chi connectivity index (χ0) is 12.8. The number of carbonyl (C=O) groups excluding carboxylic acids is 1. The Morgan fingerprint density at radius 1 is 1.59 bits per heavy atom. The molecule has 0 aromatic carbocycles. The summed E-state index contributed by atoms with van der Waals surface area (Å²) in [7, 11) is 0. The van der Waals surface area contributed by atoms with E-state index in [1.807, 2.05) is 13.8 Å². The predicted molar refractivity (Wildman–Crippen MR) is 66.9 cm³/mol. The van der Waals surface area contributed by atoms with Crippen molar-refractivity contribution in [2.24, 2.45) is 11.7 Å². The highest BCUT2D eigenvalue weighted by molar-refractivity contribution is 5.93. The molecule has 5 nitrogen and oxygen atoms in total. The van der Waals surface area contributed by atoms with Gasteiger partial charge in [0.15, 0.2) is 5.43 Å². The molecule has 0 fully saturated rings. The minimum Gasteiger partial charge on any atom is -0.367 e. The summed E-state index contributed by atoms with van der Waals surface area (Å²) in [6, 6.07) is 1.35. The average Bonchev–Trinajstić information content (AvgIpc) is 2.35. The number of pyridine rings is 1. The molecule has 1 rings (SSSR count). The lowest BCUT2D eigenvalue weighted by Crippen LogP contribution is -2.38. The van der Waals surface area contributed by atoms with Gasteiger partial charge >= 0.3 is 0 Å². The number of nitrogens with zero attached hydrogens (tertiary/aromatic N) is 1. The SMILES string of the molecule is CCN(CC(C)CN)C(=O)c1c[nH]ccc1=O. The first-order valence-electron chi connectivity index (χ1n) is 5.76. The molecule has 1 unspecified atom stereocenters. The van der Waals surface area contributed by atoms with Gasteiger partial charge in [-0.1, -0.05) is 6.92 Å². The number of aromatic amines is 1. The van der Waals surface area contributed by atoms with Gasteiger partial charge in [0.1, 0.15) is 5.56 Å². The van der Waals surface area contributed by atoms with E-state index in [1.54, 1.807) is 4.90 Å². The maximum atomic E-state index is 12.1. The van der Waals surface area contributed by atoms with E-state index >= 15 is 0 Å². The van der Waals surface area contributed by atoms with Crippen molar-refractivity contribution in [3.05, 3.63) is 34.2 Å². The van der Waals surface area contributed by atoms with Gasteiger partial charge in [0.05, 0.1) is 0 Å². The highest BCUT2D eigenvalue weighted by Crippen LogP contribution is 2.03. The summed E-state index contributed by atoms with van der Waals surface area (Å²) in [5, 5.41) is 0. The first kappa shape index (κ1) is 13.4. The summed E-state index contributed by atoms with van der Waals surface area (Å²) in [4.78, 5) is 28.1. The van der Waals surface area contributed by atoms with Crippen LogP contribution in [-0.2, 0) is 0 Å². The first-order chi connectivity index (χ1) is 8.10. The molecule has 0 aliphatic carbocycles. The molecule has 1 heterocycles. The number of nitrogens with two attached hydrogens (primary N) is 1. The minimum atomic E-state index is -0.257. The summed E-state index contributed by atoms with van der Waals surface area (Å²) in [6.07, 6.45) is 2.96. The van der Waals surface area contributed by atoms with E-state index in [0.717, 1.165) is 0 Å². The van der Waals surface area contributed by atoms with E-state index in [2.05, 4.69) is 4.98 Å². The highest BCUT2D eigenvalue weighted by atomic mass is 16.2. The first-order valence-corrected chi connectivity index (χ1v) is 5.76. The van der Waals surface area contributed by atoms with Gasteiger partial charge in [0, 0.05) is 31.5 Å². The fraction of sp³-hybridized carbons (Fsp3) is 0.500. The summed E-state index contributed by atoms with van der Waals surface area (Å²) >= 11 is 0. The molecule has 3 N–H and O–H groups in total. The average molecular weight is 237 g/mol. The number of hydrogen-bond acceptors (Lipinski definition) is 3. The third kappa shape index (κ3) is 3.42. The van der Waals surface area contributed by atoms with Crippen LogP contribution in [0.25, 0.3) is 0 Å². The lowest BCUT2D eigenvalue weighted by Gasteiger charge is -2.23. The van der Waals surface area contributed by atoms with Gasteiger partial charge in [-0.3, -0.25) is 9.59 Å². The van der Waals surface area contributed by atoms with Crippen LogP contribution >= 0.6 is 0 Å². The normalized spacial score (nSPS) is 12.2. The monoisotopic (exact) mass is 237 g/mol. The largest absolute Gasteiger partial charge is 0.367 e. The number of hydrogen-bond donors (Lipinski definition) is 2. The smallest absolute Gasteiger partial charge is 0.259 e. The molecule has 0 spiro atoms. The molecule has 5 heteroatoms. The van der Waals surface area contributed by atoms with Crippen molar-refractivity contribution in [1.82, 2.24) is 9.88 Å². The van der Waals surface area contributed by atoms with Crippen molar-refractivity contribution in [3.8, 4) is 0 Å². The lowest BCUT2D eigenvalue weighted by molar-refractivity contribution is 0.0742. The van der Waals surface area contributed by atoms with Crippen LogP contribution in [0.4, 0.5) is 0 Å². The molecule has 1 amide bonds. The van der Waals surface area contributed by atoms with Gasteiger partial charge in [-0.05, 0) is 19.4 Å². The summed E-state index contributed by atoms with van der Waals surface area (Å²) < 4.78 is 0. The van der Waals surface area contributed by atoms with Gasteiger partial charge < -0.3 is 15.6 Å². The maximum absolute atomic E-state index is 12.1. The van der Waals surface area contributed by atoms with Gasteiger partial charge in [0.25, 0.3) is 5.91 Å². The van der Waals surface area contributed by atoms with Crippen LogP contribution in [0, 0.1) is 5.92 Å². The Labute approximate surface area is 101 Å². The van der Waals surface area contributed by atoms with Crippen LogP contribution in [0.5, 0.6) is 0 Å². The van der Waals surface area contributed by atoms with Crippen molar-refractivity contribution >= 4 is 5.91 Å². The Morgan fingerprint density at radius 2 is 2.29 bits per heavy atom. The molecular weight excluding hydrogens is 218 g/mol. The third-order valence-corrected chi connectivity index (χ3v) is 2.66. The summed E-state index contributed by atoms with van der Waals surface area (Å²) in [5.74, 6) is -0.0173. The van der Waals surface area contributed by atoms with Crippen LogP contribution in [-0.4, -0.2) is 35.4 Å². The Bertz CT molecular complexity index is 428. The zero-order valence-electron chi connectivity index (χ0n) is 10.3. The van der Waals surface area contributed by atoms with Crippen LogP contribution in [0.15, 0.2) is 23.3 Å². The van der Waals surface area contributed by atoms with E-state index in [9.17, 15) is 9.59 Å². The molecule has 0 saturated carbocycles. The second-order valence-electron chi connectivity index (χ2n) is 4.11. The third-order valence-electron chi connectivity index (χ3n) is 2.66. The van der Waals surface area contributed by atoms with Gasteiger partial charge in [-0.2, -0.15) is 0 Å². The quantitative estimate of drug-likeness (QED) is 0.779. The van der Waals surface area contributed by atoms with Crippen LogP contribution in [0.2, 0.25) is 0 Å². The zero-order valence-corrected chi connectivity index (χ0v) is 10.3. The second kappa shape index (κ2) is 6.20. The molecule has 0 saturated heterocycles. The molecule has 1 atom stereocenters. The van der Waals surface area contributed by atoms with E-state index in [1.165, 1.54) is 18.5 Å². The number of H-pyrrole nitrogens is 1. The fourth-order valence-corrected chi connectivity index (χ4v) is 1.56. The second-order valence-corrected chi connectivity index (χ2v) is 4.11. The van der Waals surface area contributed by atoms with Gasteiger partial charge in [-0.25, -0.2) is 0 Å². The minimum absolute atomic E-state index is 0.179. The highest BCUT2D eigenvalue weighted by Gasteiger charge is 2.18. The Kier molecular flexibility index (Phi) is 4.90. The van der Waals surface area contributed by atoms with Crippen molar-refractivity contribution in [1.29, 1.82) is 0 Å². The van der Waals surface area contributed by atoms with E-state index in [-0.39, 0.29) is 22.8 Å². The van der Waals surface area contributed by atoms with E-state index in [4.69, 9.17) is 5.73 Å². The standard InChI is InChI=1S/C12H19N3O2/c1-3-15(8-9(2)6-13)12(17)10-7-14-5-4-11(10)16/h4-5,7,9H,3,6,8,13H2,1-2H3,(H,14,16). The van der Waals surface area contributed by atoms with Crippen LogP contribution < -0.4 is 11.2 Å². The molecule has 0 radical (unpaired) electrons. The summed E-state index contributed by atoms with van der Waals surface area (Å²) in [6.45, 7) is 5.52. The molecule has 1 aromatic heterocycles. The fourth-order valence-electron chi connectivity index (χ4n) is 1.56. The lowest BCUT2D eigenvalue weighted by atomic mass is 10.1. The number of rotatable bonds is 5. The number of nitrogens with one attached hydrogen (secondary N) is 1. The maximum Gasteiger partial charge on any atom is 0.259 e. The number of carbonyl (C=O) groups is 1. The van der Waals surface area contributed by atoms with Crippen molar-refractivity contribution in [2.75, 3.05) is 19.6 Å². The predicted octanol–water partition coefficient (Wildman–Crippen LogP) is 0.432.